The maximum atomic E-state index is 12.7. The number of unbranched alkanes of at least 4 members (excludes halogenated alkanes) is 17. The first-order valence-corrected chi connectivity index (χ1v) is 20.9. The van der Waals surface area contributed by atoms with Gasteiger partial charge in [0.2, 0.25) is 5.91 Å². The summed E-state index contributed by atoms with van der Waals surface area (Å²) in [7, 11) is 1.54. The molecule has 48 heavy (non-hydrogen) atoms. The van der Waals surface area contributed by atoms with Crippen molar-refractivity contribution in [3.05, 3.63) is 36.5 Å². The second kappa shape index (κ2) is 31.7. The zero-order valence-electron chi connectivity index (χ0n) is 31.7. The number of likely N-dealkylation sites (N-methyl/N-ethyl adjacent to an activating group) is 1. The van der Waals surface area contributed by atoms with Crippen LogP contribution in [0.1, 0.15) is 155 Å². The van der Waals surface area contributed by atoms with Crippen molar-refractivity contribution in [2.45, 2.75) is 167 Å². The second-order valence-electron chi connectivity index (χ2n) is 14.3. The molecule has 0 aromatic carbocycles. The third-order valence-electron chi connectivity index (χ3n) is 8.34. The lowest BCUT2D eigenvalue weighted by Crippen LogP contribution is -2.45. The predicted octanol–water partition coefficient (Wildman–Crippen LogP) is 9.96. The number of phosphoric ester groups is 1. The lowest BCUT2D eigenvalue weighted by atomic mass is 10.1. The minimum absolute atomic E-state index is 0.0540. The lowest BCUT2D eigenvalue weighted by Gasteiger charge is -2.25. The minimum atomic E-state index is -4.34. The molecule has 3 atom stereocenters. The van der Waals surface area contributed by atoms with E-state index in [9.17, 15) is 19.4 Å². The largest absolute Gasteiger partial charge is 0.472 e. The van der Waals surface area contributed by atoms with Crippen LogP contribution < -0.4 is 5.32 Å². The number of phosphoric acid groups is 1. The van der Waals surface area contributed by atoms with E-state index in [4.69, 9.17) is 9.05 Å². The summed E-state index contributed by atoms with van der Waals surface area (Å²) < 4.78 is 23.4. The molecule has 3 unspecified atom stereocenters. The first kappa shape index (κ1) is 46.7. The number of hydrogen-bond acceptors (Lipinski definition) is 5. The van der Waals surface area contributed by atoms with Crippen molar-refractivity contribution in [1.29, 1.82) is 0 Å². The maximum absolute atomic E-state index is 12.7. The Balaban J connectivity index is 4.59. The Kier molecular flexibility index (Phi) is 30.8. The molecular formula is C39H76N2O6P+. The third kappa shape index (κ3) is 33.2. The molecule has 0 heterocycles. The normalized spacial score (nSPS) is 15.1. The van der Waals surface area contributed by atoms with Gasteiger partial charge >= 0.3 is 7.82 Å². The second-order valence-corrected chi connectivity index (χ2v) is 15.7. The van der Waals surface area contributed by atoms with Crippen molar-refractivity contribution in [1.82, 2.24) is 5.32 Å². The summed E-state index contributed by atoms with van der Waals surface area (Å²) in [5.74, 6) is -0.197. The summed E-state index contributed by atoms with van der Waals surface area (Å²) in [6, 6.07) is -0.863. The molecule has 0 saturated carbocycles. The summed E-state index contributed by atoms with van der Waals surface area (Å²) in [6.07, 6.45) is 36.4. The molecule has 8 nitrogen and oxygen atoms in total. The number of allylic oxidation sites excluding steroid dienone is 5. The fourth-order valence-electron chi connectivity index (χ4n) is 5.19. The molecule has 0 aromatic rings. The van der Waals surface area contributed by atoms with E-state index in [1.54, 1.807) is 6.08 Å². The van der Waals surface area contributed by atoms with Gasteiger partial charge in [0, 0.05) is 6.42 Å². The monoisotopic (exact) mass is 700 g/mol. The van der Waals surface area contributed by atoms with Crippen LogP contribution >= 0.6 is 7.82 Å². The highest BCUT2D eigenvalue weighted by atomic mass is 31.2. The first-order valence-electron chi connectivity index (χ1n) is 19.4. The maximum Gasteiger partial charge on any atom is 0.472 e. The quantitative estimate of drug-likeness (QED) is 0.0267. The van der Waals surface area contributed by atoms with E-state index in [1.165, 1.54) is 89.9 Å². The van der Waals surface area contributed by atoms with Crippen LogP contribution in [0, 0.1) is 0 Å². The number of nitrogens with one attached hydrogen (secondary N) is 1. The fraction of sp³-hybridized carbons (Fsp3) is 0.821. The van der Waals surface area contributed by atoms with Crippen LogP contribution in [0.5, 0.6) is 0 Å². The zero-order chi connectivity index (χ0) is 35.8. The van der Waals surface area contributed by atoms with Gasteiger partial charge in [-0.05, 0) is 44.9 Å². The molecule has 0 aromatic heterocycles. The highest BCUT2D eigenvalue weighted by molar-refractivity contribution is 7.47. The summed E-state index contributed by atoms with van der Waals surface area (Å²) in [4.78, 5) is 22.9. The van der Waals surface area contributed by atoms with Gasteiger partial charge in [0.15, 0.2) is 0 Å². The molecular weight excluding hydrogens is 623 g/mol. The number of rotatable bonds is 34. The summed E-state index contributed by atoms with van der Waals surface area (Å²) in [6.45, 7) is 4.73. The average molecular weight is 700 g/mol. The van der Waals surface area contributed by atoms with Gasteiger partial charge in [-0.25, -0.2) is 4.57 Å². The van der Waals surface area contributed by atoms with Crippen molar-refractivity contribution in [3.63, 3.8) is 0 Å². The van der Waals surface area contributed by atoms with E-state index >= 15 is 0 Å². The van der Waals surface area contributed by atoms with E-state index in [1.807, 2.05) is 27.2 Å². The van der Waals surface area contributed by atoms with Crippen molar-refractivity contribution in [3.8, 4) is 0 Å². The molecule has 0 radical (unpaired) electrons. The summed E-state index contributed by atoms with van der Waals surface area (Å²) in [5.41, 5.74) is 0. The highest BCUT2D eigenvalue weighted by Crippen LogP contribution is 2.43. The highest BCUT2D eigenvalue weighted by Gasteiger charge is 2.27. The number of hydrogen-bond donors (Lipinski definition) is 3. The lowest BCUT2D eigenvalue weighted by molar-refractivity contribution is -0.870. The van der Waals surface area contributed by atoms with Gasteiger partial charge < -0.3 is 19.8 Å². The van der Waals surface area contributed by atoms with Gasteiger partial charge in [0.05, 0.1) is 39.9 Å². The first-order chi connectivity index (χ1) is 23.0. The molecule has 282 valence electrons. The summed E-state index contributed by atoms with van der Waals surface area (Å²) in [5, 5.41) is 13.7. The SMILES string of the molecule is CCCCCCCCC/C=C/CC/C=C/CC/C=C/C(O)C(COP(=O)(O)OCC[N+](C)(C)C)NC(=O)CCCCCCCCCCC. The standard InChI is InChI=1S/C39H75N2O6P/c1-6-8-10-12-14-16-17-18-19-20-21-22-23-25-26-28-30-32-38(42)37(36-47-48(44,45)46-35-34-41(3,4)5)40-39(43)33-31-29-27-24-15-13-11-9-7-2/h19-20,23,25,30,32,37-38,42H,6-18,21-22,24,26-29,31,33-36H2,1-5H3,(H-,40,43,44,45)/p+1/b20-19+,25-23+,32-30+. The fourth-order valence-corrected chi connectivity index (χ4v) is 5.92. The van der Waals surface area contributed by atoms with Gasteiger partial charge in [0.25, 0.3) is 0 Å². The van der Waals surface area contributed by atoms with Crippen molar-refractivity contribution in [2.24, 2.45) is 0 Å². The van der Waals surface area contributed by atoms with Crippen LogP contribution in [0.25, 0.3) is 0 Å². The molecule has 0 aliphatic rings. The Bertz CT molecular complexity index is 886. The molecule has 0 spiro atoms. The molecule has 9 heteroatoms. The van der Waals surface area contributed by atoms with Gasteiger partial charge in [-0.15, -0.1) is 0 Å². The number of aliphatic hydroxyl groups is 1. The molecule has 0 bridgehead atoms. The Hall–Kier alpha value is -1.28. The van der Waals surface area contributed by atoms with Crippen LogP contribution in [0.3, 0.4) is 0 Å². The minimum Gasteiger partial charge on any atom is -0.387 e. The molecule has 1 amide bonds. The van der Waals surface area contributed by atoms with Crippen LogP contribution in [-0.2, 0) is 18.4 Å². The predicted molar refractivity (Wildman–Crippen MR) is 203 cm³/mol. The third-order valence-corrected chi connectivity index (χ3v) is 9.32. The van der Waals surface area contributed by atoms with Crippen LogP contribution in [-0.4, -0.2) is 73.4 Å². The average Bonchev–Trinajstić information content (AvgIpc) is 3.02. The van der Waals surface area contributed by atoms with E-state index in [0.717, 1.165) is 44.9 Å². The molecule has 0 fully saturated rings. The number of aliphatic hydroxyl groups excluding tert-OH is 1. The summed E-state index contributed by atoms with van der Waals surface area (Å²) >= 11 is 0. The van der Waals surface area contributed by atoms with E-state index < -0.39 is 20.0 Å². The van der Waals surface area contributed by atoms with Crippen molar-refractivity contribution in [2.75, 3.05) is 40.9 Å². The van der Waals surface area contributed by atoms with E-state index in [-0.39, 0.29) is 19.1 Å². The Morgan fingerprint density at radius 2 is 1.15 bits per heavy atom. The van der Waals surface area contributed by atoms with Gasteiger partial charge in [-0.2, -0.15) is 0 Å². The molecule has 3 N–H and O–H groups in total. The van der Waals surface area contributed by atoms with Gasteiger partial charge in [-0.3, -0.25) is 13.8 Å². The molecule has 0 saturated heterocycles. The smallest absolute Gasteiger partial charge is 0.387 e. The molecule has 0 rings (SSSR count). The van der Waals surface area contributed by atoms with Crippen LogP contribution in [0.4, 0.5) is 0 Å². The van der Waals surface area contributed by atoms with E-state index in [2.05, 4.69) is 43.5 Å². The molecule has 0 aliphatic heterocycles. The zero-order valence-corrected chi connectivity index (χ0v) is 32.6. The Labute approximate surface area is 296 Å². The van der Waals surface area contributed by atoms with Crippen molar-refractivity contribution >= 4 is 13.7 Å². The number of quaternary nitrogens is 1. The topological polar surface area (TPSA) is 105 Å². The number of carbonyl (C=O) groups excluding carboxylic acids is 1. The Morgan fingerprint density at radius 3 is 1.67 bits per heavy atom. The number of nitrogens with zero attached hydrogens (tertiary/aromatic N) is 1. The van der Waals surface area contributed by atoms with Gasteiger partial charge in [-0.1, -0.05) is 140 Å². The van der Waals surface area contributed by atoms with Gasteiger partial charge in [0.1, 0.15) is 13.2 Å². The van der Waals surface area contributed by atoms with Crippen molar-refractivity contribution < 1.29 is 32.9 Å². The van der Waals surface area contributed by atoms with Crippen LogP contribution in [0.2, 0.25) is 0 Å². The Morgan fingerprint density at radius 1 is 0.688 bits per heavy atom. The number of carbonyl (C=O) groups is 1. The van der Waals surface area contributed by atoms with Crippen LogP contribution in [0.15, 0.2) is 36.5 Å². The van der Waals surface area contributed by atoms with E-state index in [0.29, 0.717) is 17.4 Å². The number of amides is 1. The molecule has 0 aliphatic carbocycles.